The summed E-state index contributed by atoms with van der Waals surface area (Å²) in [6, 6.07) is 11.8. The van der Waals surface area contributed by atoms with Crippen molar-refractivity contribution in [3.8, 4) is 0 Å². The number of hydrogen-bond donors (Lipinski definition) is 0. The fourth-order valence-corrected chi connectivity index (χ4v) is 2.24. The van der Waals surface area contributed by atoms with E-state index < -0.39 is 0 Å². The van der Waals surface area contributed by atoms with Crippen LogP contribution in [0.1, 0.15) is 50.9 Å². The van der Waals surface area contributed by atoms with Gasteiger partial charge < -0.3 is 4.74 Å². The SMILES string of the molecule is CCOC(c1ccccc1)c1nc(Cl)cc(C(C)(C)C)n1. The average Bonchev–Trinajstić information content (AvgIpc) is 2.44. The summed E-state index contributed by atoms with van der Waals surface area (Å²) in [5.74, 6) is 0.612. The minimum atomic E-state index is -0.295. The molecular weight excluding hydrogens is 284 g/mol. The molecule has 1 heterocycles. The molecule has 3 nitrogen and oxygen atoms in total. The van der Waals surface area contributed by atoms with Crippen molar-refractivity contribution >= 4 is 11.6 Å². The van der Waals surface area contributed by atoms with Crippen LogP contribution in [0.3, 0.4) is 0 Å². The maximum atomic E-state index is 6.18. The Morgan fingerprint density at radius 2 is 1.81 bits per heavy atom. The predicted molar refractivity (Wildman–Crippen MR) is 85.7 cm³/mol. The third-order valence-corrected chi connectivity index (χ3v) is 3.34. The van der Waals surface area contributed by atoms with E-state index in [0.29, 0.717) is 17.6 Å². The molecule has 0 amide bonds. The molecule has 0 aliphatic rings. The summed E-state index contributed by atoms with van der Waals surface area (Å²) in [6.07, 6.45) is -0.295. The lowest BCUT2D eigenvalue weighted by atomic mass is 9.92. The topological polar surface area (TPSA) is 35.0 Å². The molecule has 0 saturated carbocycles. The van der Waals surface area contributed by atoms with Gasteiger partial charge in [0.1, 0.15) is 11.3 Å². The molecular formula is C17H21ClN2O. The van der Waals surface area contributed by atoms with Crippen LogP contribution >= 0.6 is 11.6 Å². The first-order valence-corrected chi connectivity index (χ1v) is 7.51. The van der Waals surface area contributed by atoms with Crippen molar-refractivity contribution in [1.29, 1.82) is 0 Å². The van der Waals surface area contributed by atoms with Crippen molar-refractivity contribution in [3.05, 3.63) is 58.6 Å². The molecule has 1 aromatic carbocycles. The summed E-state index contributed by atoms with van der Waals surface area (Å²) < 4.78 is 5.85. The van der Waals surface area contributed by atoms with E-state index in [1.807, 2.05) is 43.3 Å². The zero-order valence-electron chi connectivity index (χ0n) is 12.9. The quantitative estimate of drug-likeness (QED) is 0.777. The highest BCUT2D eigenvalue weighted by atomic mass is 35.5. The Labute approximate surface area is 131 Å². The zero-order chi connectivity index (χ0) is 15.5. The van der Waals surface area contributed by atoms with Crippen molar-refractivity contribution in [3.63, 3.8) is 0 Å². The summed E-state index contributed by atoms with van der Waals surface area (Å²) >= 11 is 6.18. The average molecular weight is 305 g/mol. The van der Waals surface area contributed by atoms with Gasteiger partial charge in [-0.05, 0) is 18.6 Å². The van der Waals surface area contributed by atoms with Crippen LogP contribution in [-0.2, 0) is 10.2 Å². The lowest BCUT2D eigenvalue weighted by Crippen LogP contribution is -2.18. The van der Waals surface area contributed by atoms with Gasteiger partial charge in [-0.15, -0.1) is 0 Å². The standard InChI is InChI=1S/C17H21ClN2O/c1-5-21-15(12-9-7-6-8-10-12)16-19-13(17(2,3)4)11-14(18)20-16/h6-11,15H,5H2,1-4H3. The van der Waals surface area contributed by atoms with Gasteiger partial charge in [-0.2, -0.15) is 0 Å². The molecule has 0 aliphatic carbocycles. The van der Waals surface area contributed by atoms with Crippen LogP contribution in [0.5, 0.6) is 0 Å². The summed E-state index contributed by atoms with van der Waals surface area (Å²) in [7, 11) is 0. The van der Waals surface area contributed by atoms with Crippen LogP contribution < -0.4 is 0 Å². The highest BCUT2D eigenvalue weighted by Crippen LogP contribution is 2.28. The number of halogens is 1. The first kappa shape index (κ1) is 15.9. The molecule has 0 saturated heterocycles. The molecule has 2 aromatic rings. The smallest absolute Gasteiger partial charge is 0.163 e. The zero-order valence-corrected chi connectivity index (χ0v) is 13.7. The molecule has 1 unspecified atom stereocenters. The van der Waals surface area contributed by atoms with Crippen LogP contribution in [0.15, 0.2) is 36.4 Å². The monoisotopic (exact) mass is 304 g/mol. The molecule has 0 radical (unpaired) electrons. The Bertz CT molecular complexity index is 593. The maximum Gasteiger partial charge on any atom is 0.163 e. The van der Waals surface area contributed by atoms with E-state index in [0.717, 1.165) is 11.3 Å². The van der Waals surface area contributed by atoms with E-state index in [2.05, 4.69) is 30.7 Å². The Balaban J connectivity index is 2.48. The van der Waals surface area contributed by atoms with E-state index >= 15 is 0 Å². The fourth-order valence-electron chi connectivity index (χ4n) is 2.05. The van der Waals surface area contributed by atoms with Gasteiger partial charge >= 0.3 is 0 Å². The fraction of sp³-hybridized carbons (Fsp3) is 0.412. The lowest BCUT2D eigenvalue weighted by molar-refractivity contribution is 0.0848. The van der Waals surface area contributed by atoms with Crippen LogP contribution in [0, 0.1) is 0 Å². The largest absolute Gasteiger partial charge is 0.366 e. The van der Waals surface area contributed by atoms with Crippen molar-refractivity contribution in [1.82, 2.24) is 9.97 Å². The third-order valence-electron chi connectivity index (χ3n) is 3.15. The van der Waals surface area contributed by atoms with Gasteiger partial charge in [-0.1, -0.05) is 62.7 Å². The Morgan fingerprint density at radius 1 is 1.14 bits per heavy atom. The number of ether oxygens (including phenoxy) is 1. The first-order valence-electron chi connectivity index (χ1n) is 7.13. The molecule has 0 aliphatic heterocycles. The van der Waals surface area contributed by atoms with Gasteiger partial charge in [-0.3, -0.25) is 0 Å². The summed E-state index contributed by atoms with van der Waals surface area (Å²) in [5.41, 5.74) is 1.86. The highest BCUT2D eigenvalue weighted by Gasteiger charge is 2.22. The molecule has 21 heavy (non-hydrogen) atoms. The van der Waals surface area contributed by atoms with Crippen LogP contribution in [0.25, 0.3) is 0 Å². The van der Waals surface area contributed by atoms with Crippen molar-refractivity contribution < 1.29 is 4.74 Å². The molecule has 0 fully saturated rings. The minimum absolute atomic E-state index is 0.0885. The van der Waals surface area contributed by atoms with Crippen LogP contribution in [-0.4, -0.2) is 16.6 Å². The second kappa shape index (κ2) is 6.54. The molecule has 1 aromatic heterocycles. The van der Waals surface area contributed by atoms with Gasteiger partial charge in [0.25, 0.3) is 0 Å². The van der Waals surface area contributed by atoms with Gasteiger partial charge in [0.05, 0.1) is 5.69 Å². The van der Waals surface area contributed by atoms with Gasteiger partial charge in [0, 0.05) is 12.0 Å². The van der Waals surface area contributed by atoms with E-state index in [1.165, 1.54) is 0 Å². The number of nitrogens with zero attached hydrogens (tertiary/aromatic N) is 2. The number of hydrogen-bond acceptors (Lipinski definition) is 3. The molecule has 0 spiro atoms. The molecule has 2 rings (SSSR count). The van der Waals surface area contributed by atoms with E-state index in [1.54, 1.807) is 0 Å². The maximum absolute atomic E-state index is 6.18. The molecule has 4 heteroatoms. The first-order chi connectivity index (χ1) is 9.91. The van der Waals surface area contributed by atoms with Gasteiger partial charge in [-0.25, -0.2) is 9.97 Å². The van der Waals surface area contributed by atoms with Crippen LogP contribution in [0.4, 0.5) is 0 Å². The molecule has 0 bridgehead atoms. The normalized spacial score (nSPS) is 13.2. The Hall–Kier alpha value is -1.45. The molecule has 0 N–H and O–H groups in total. The van der Waals surface area contributed by atoms with Crippen molar-refractivity contribution in [2.45, 2.75) is 39.2 Å². The van der Waals surface area contributed by atoms with Crippen molar-refractivity contribution in [2.75, 3.05) is 6.61 Å². The van der Waals surface area contributed by atoms with Gasteiger partial charge in [0.15, 0.2) is 5.82 Å². The molecule has 1 atom stereocenters. The Kier molecular flexibility index (Phi) is 4.96. The lowest BCUT2D eigenvalue weighted by Gasteiger charge is -2.21. The van der Waals surface area contributed by atoms with E-state index in [-0.39, 0.29) is 11.5 Å². The molecule has 112 valence electrons. The highest BCUT2D eigenvalue weighted by molar-refractivity contribution is 6.29. The van der Waals surface area contributed by atoms with E-state index in [4.69, 9.17) is 16.3 Å². The Morgan fingerprint density at radius 3 is 2.38 bits per heavy atom. The second-order valence-electron chi connectivity index (χ2n) is 5.93. The summed E-state index contributed by atoms with van der Waals surface area (Å²) in [5, 5.41) is 0.450. The van der Waals surface area contributed by atoms with Gasteiger partial charge in [0.2, 0.25) is 0 Å². The minimum Gasteiger partial charge on any atom is -0.366 e. The summed E-state index contributed by atoms with van der Waals surface area (Å²) in [6.45, 7) is 8.86. The summed E-state index contributed by atoms with van der Waals surface area (Å²) in [4.78, 5) is 9.05. The third kappa shape index (κ3) is 4.02. The van der Waals surface area contributed by atoms with Crippen molar-refractivity contribution in [2.24, 2.45) is 0 Å². The number of aromatic nitrogens is 2. The predicted octanol–water partition coefficient (Wildman–Crippen LogP) is 4.55. The second-order valence-corrected chi connectivity index (χ2v) is 6.32. The van der Waals surface area contributed by atoms with E-state index in [9.17, 15) is 0 Å². The number of rotatable bonds is 4. The van der Waals surface area contributed by atoms with Crippen LogP contribution in [0.2, 0.25) is 5.15 Å². The number of benzene rings is 1.